The Bertz CT molecular complexity index is 806. The molecule has 124 valence electrons. The Kier molecular flexibility index (Phi) is 5.35. The van der Waals surface area contributed by atoms with Gasteiger partial charge in [0.05, 0.1) is 0 Å². The molecule has 0 spiro atoms. The highest BCUT2D eigenvalue weighted by Crippen LogP contribution is 2.30. The zero-order chi connectivity index (χ0) is 16.9. The predicted octanol–water partition coefficient (Wildman–Crippen LogP) is 7.25. The Morgan fingerprint density at radius 3 is 2.21 bits per heavy atom. The largest absolute Gasteiger partial charge is 0.0654 e. The summed E-state index contributed by atoms with van der Waals surface area (Å²) in [4.78, 5) is 0. The van der Waals surface area contributed by atoms with Crippen molar-refractivity contribution in [2.45, 2.75) is 52.9 Å². The minimum Gasteiger partial charge on any atom is -0.0654 e. The van der Waals surface area contributed by atoms with E-state index in [0.717, 1.165) is 0 Å². The maximum absolute atomic E-state index is 2.39. The Morgan fingerprint density at radius 2 is 1.46 bits per heavy atom. The number of benzene rings is 3. The van der Waals surface area contributed by atoms with E-state index in [1.165, 1.54) is 70.7 Å². The van der Waals surface area contributed by atoms with Gasteiger partial charge in [-0.15, -0.1) is 0 Å². The lowest BCUT2D eigenvalue weighted by atomic mass is 9.93. The standard InChI is InChI=1S/C24H28/c1-4-5-6-7-11-20-12-13-21-14-15-22(17-23(21)16-20)24-18(2)9-8-10-19(24)3/h8-10,12-17H,4-7,11H2,1-3H3. The molecule has 24 heavy (non-hydrogen) atoms. The van der Waals surface area contributed by atoms with E-state index >= 15 is 0 Å². The summed E-state index contributed by atoms with van der Waals surface area (Å²) >= 11 is 0. The molecule has 0 heteroatoms. The number of unbranched alkanes of at least 4 members (excludes halogenated alkanes) is 3. The number of aryl methyl sites for hydroxylation is 3. The third-order valence-electron chi connectivity index (χ3n) is 4.99. The van der Waals surface area contributed by atoms with Crippen LogP contribution < -0.4 is 0 Å². The van der Waals surface area contributed by atoms with E-state index in [2.05, 4.69) is 75.4 Å². The monoisotopic (exact) mass is 316 g/mol. The molecule has 0 aliphatic rings. The Hall–Kier alpha value is -2.08. The molecule has 0 unspecified atom stereocenters. The van der Waals surface area contributed by atoms with Gasteiger partial charge in [-0.3, -0.25) is 0 Å². The second kappa shape index (κ2) is 7.66. The van der Waals surface area contributed by atoms with Crippen molar-refractivity contribution in [2.24, 2.45) is 0 Å². The molecule has 0 atom stereocenters. The topological polar surface area (TPSA) is 0 Å². The van der Waals surface area contributed by atoms with Crippen LogP contribution in [-0.2, 0) is 6.42 Å². The maximum atomic E-state index is 2.39. The first-order chi connectivity index (χ1) is 11.7. The first-order valence-corrected chi connectivity index (χ1v) is 9.28. The van der Waals surface area contributed by atoms with E-state index in [1.54, 1.807) is 0 Å². The van der Waals surface area contributed by atoms with E-state index in [0.29, 0.717) is 0 Å². The van der Waals surface area contributed by atoms with Crippen molar-refractivity contribution in [3.63, 3.8) is 0 Å². The van der Waals surface area contributed by atoms with Crippen molar-refractivity contribution in [2.75, 3.05) is 0 Å². The smallest absolute Gasteiger partial charge is 0.0125 e. The molecule has 0 nitrogen and oxygen atoms in total. The van der Waals surface area contributed by atoms with Crippen LogP contribution in [0.3, 0.4) is 0 Å². The molecule has 0 N–H and O–H groups in total. The second-order valence-electron chi connectivity index (χ2n) is 6.97. The van der Waals surface area contributed by atoms with Crippen LogP contribution in [0.1, 0.15) is 49.3 Å². The summed E-state index contributed by atoms with van der Waals surface area (Å²) < 4.78 is 0. The predicted molar refractivity (Wildman–Crippen MR) is 107 cm³/mol. The minimum atomic E-state index is 1.20. The summed E-state index contributed by atoms with van der Waals surface area (Å²) in [5.41, 5.74) is 6.89. The zero-order valence-corrected chi connectivity index (χ0v) is 15.2. The van der Waals surface area contributed by atoms with E-state index in [9.17, 15) is 0 Å². The quantitative estimate of drug-likeness (QED) is 0.420. The first-order valence-electron chi connectivity index (χ1n) is 9.28. The average Bonchev–Trinajstić information content (AvgIpc) is 2.58. The van der Waals surface area contributed by atoms with E-state index in [-0.39, 0.29) is 0 Å². The fourth-order valence-corrected chi connectivity index (χ4v) is 3.63. The molecule has 0 bridgehead atoms. The van der Waals surface area contributed by atoms with Crippen LogP contribution in [0.15, 0.2) is 54.6 Å². The molecule has 3 rings (SSSR count). The van der Waals surface area contributed by atoms with Crippen molar-refractivity contribution in [3.05, 3.63) is 71.3 Å². The van der Waals surface area contributed by atoms with Crippen LogP contribution >= 0.6 is 0 Å². The van der Waals surface area contributed by atoms with Gasteiger partial charge in [-0.2, -0.15) is 0 Å². The molecule has 0 fully saturated rings. The van der Waals surface area contributed by atoms with Gasteiger partial charge in [0.1, 0.15) is 0 Å². The van der Waals surface area contributed by atoms with Gasteiger partial charge < -0.3 is 0 Å². The SMILES string of the molecule is CCCCCCc1ccc2ccc(-c3c(C)cccc3C)cc2c1. The summed E-state index contributed by atoms with van der Waals surface area (Å²) in [6, 6.07) is 20.4. The fraction of sp³-hybridized carbons (Fsp3) is 0.333. The van der Waals surface area contributed by atoms with Gasteiger partial charge in [-0.05, 0) is 71.3 Å². The highest BCUT2D eigenvalue weighted by Gasteiger charge is 2.06. The van der Waals surface area contributed by atoms with Crippen LogP contribution in [0, 0.1) is 13.8 Å². The van der Waals surface area contributed by atoms with E-state index in [4.69, 9.17) is 0 Å². The molecule has 0 aliphatic heterocycles. The fourth-order valence-electron chi connectivity index (χ4n) is 3.63. The molecule has 0 radical (unpaired) electrons. The van der Waals surface area contributed by atoms with Crippen LogP contribution in [0.25, 0.3) is 21.9 Å². The summed E-state index contributed by atoms with van der Waals surface area (Å²) in [5.74, 6) is 0. The maximum Gasteiger partial charge on any atom is -0.0125 e. The minimum absolute atomic E-state index is 1.20. The third-order valence-corrected chi connectivity index (χ3v) is 4.99. The second-order valence-corrected chi connectivity index (χ2v) is 6.97. The normalized spacial score (nSPS) is 11.1. The van der Waals surface area contributed by atoms with Crippen LogP contribution in [0.5, 0.6) is 0 Å². The van der Waals surface area contributed by atoms with Gasteiger partial charge in [-0.25, -0.2) is 0 Å². The molecule has 0 saturated heterocycles. The van der Waals surface area contributed by atoms with Gasteiger partial charge in [0.2, 0.25) is 0 Å². The number of fused-ring (bicyclic) bond motifs is 1. The summed E-state index contributed by atoms with van der Waals surface area (Å²) in [6.07, 6.45) is 6.50. The number of hydrogen-bond donors (Lipinski definition) is 0. The Balaban J connectivity index is 1.92. The molecule has 0 amide bonds. The molecular formula is C24H28. The lowest BCUT2D eigenvalue weighted by Gasteiger charge is -2.11. The van der Waals surface area contributed by atoms with Gasteiger partial charge in [-0.1, -0.05) is 74.7 Å². The van der Waals surface area contributed by atoms with Gasteiger partial charge >= 0.3 is 0 Å². The number of hydrogen-bond acceptors (Lipinski definition) is 0. The molecule has 0 heterocycles. The molecule has 0 aliphatic carbocycles. The zero-order valence-electron chi connectivity index (χ0n) is 15.2. The van der Waals surface area contributed by atoms with Crippen LogP contribution in [0.2, 0.25) is 0 Å². The number of rotatable bonds is 6. The van der Waals surface area contributed by atoms with Gasteiger partial charge in [0, 0.05) is 0 Å². The van der Waals surface area contributed by atoms with Crippen molar-refractivity contribution >= 4 is 10.8 Å². The summed E-state index contributed by atoms with van der Waals surface area (Å²) in [7, 11) is 0. The Morgan fingerprint density at radius 1 is 0.708 bits per heavy atom. The molecule has 3 aromatic rings. The summed E-state index contributed by atoms with van der Waals surface area (Å²) in [6.45, 7) is 6.68. The first kappa shape index (κ1) is 16.8. The van der Waals surface area contributed by atoms with Crippen molar-refractivity contribution in [3.8, 4) is 11.1 Å². The van der Waals surface area contributed by atoms with E-state index in [1.807, 2.05) is 0 Å². The molecular weight excluding hydrogens is 288 g/mol. The average molecular weight is 316 g/mol. The van der Waals surface area contributed by atoms with Crippen LogP contribution in [0.4, 0.5) is 0 Å². The van der Waals surface area contributed by atoms with Crippen molar-refractivity contribution in [1.29, 1.82) is 0 Å². The Labute approximate surface area is 146 Å². The van der Waals surface area contributed by atoms with Gasteiger partial charge in [0.25, 0.3) is 0 Å². The highest BCUT2D eigenvalue weighted by atomic mass is 14.1. The molecule has 3 aromatic carbocycles. The van der Waals surface area contributed by atoms with Crippen molar-refractivity contribution < 1.29 is 0 Å². The van der Waals surface area contributed by atoms with E-state index < -0.39 is 0 Å². The van der Waals surface area contributed by atoms with Gasteiger partial charge in [0.15, 0.2) is 0 Å². The lowest BCUT2D eigenvalue weighted by molar-refractivity contribution is 0.667. The van der Waals surface area contributed by atoms with Crippen LogP contribution in [-0.4, -0.2) is 0 Å². The molecule has 0 aromatic heterocycles. The van der Waals surface area contributed by atoms with Crippen molar-refractivity contribution in [1.82, 2.24) is 0 Å². The third kappa shape index (κ3) is 3.70. The summed E-state index contributed by atoms with van der Waals surface area (Å²) in [5, 5.41) is 2.70. The molecule has 0 saturated carbocycles. The lowest BCUT2D eigenvalue weighted by Crippen LogP contribution is -1.89. The highest BCUT2D eigenvalue weighted by molar-refractivity contribution is 5.88.